The Morgan fingerprint density at radius 2 is 1.65 bits per heavy atom. The molecule has 0 radical (unpaired) electrons. The van der Waals surface area contributed by atoms with Crippen molar-refractivity contribution in [3.05, 3.63) is 101 Å². The molecule has 0 amide bonds. The number of hydrogen-bond donors (Lipinski definition) is 3. The molecule has 0 aliphatic rings. The smallest absolute Gasteiger partial charge is 0.335 e. The van der Waals surface area contributed by atoms with Gasteiger partial charge in [0.05, 0.1) is 11.1 Å². The molecule has 0 spiro atoms. The zero-order chi connectivity index (χ0) is 26.3. The van der Waals surface area contributed by atoms with Crippen LogP contribution in [0.4, 0.5) is 11.4 Å². The molecule has 0 saturated carbocycles. The molecule has 0 aliphatic heterocycles. The molecule has 0 aliphatic carbocycles. The number of azo groups is 1. The number of nitrogens with zero attached hydrogens (tertiary/aromatic N) is 3. The maximum Gasteiger partial charge on any atom is 0.335 e. The fraction of sp³-hybridized carbons (Fsp3) is 0.0690. The first-order valence-corrected chi connectivity index (χ1v) is 11.8. The Morgan fingerprint density at radius 1 is 0.865 bits per heavy atom. The summed E-state index contributed by atoms with van der Waals surface area (Å²) >= 11 is 6.36. The molecular weight excluding hydrogens is 490 g/mol. The summed E-state index contributed by atoms with van der Waals surface area (Å²) in [6, 6.07) is 22.4. The average molecular weight is 512 g/mol. The molecule has 0 atom stereocenters. The SMILES string of the molecule is Cc1ccc(-c2cc(Cl)cc(N=Nc3c(O)n(-c4cccc(C(=O)O)c4)c4ccccc34)c2O)cc1C. The van der Waals surface area contributed by atoms with E-state index in [1.54, 1.807) is 42.5 Å². The number of carbonyl (C=O) groups is 1. The van der Waals surface area contributed by atoms with Gasteiger partial charge in [-0.3, -0.25) is 4.57 Å². The van der Waals surface area contributed by atoms with E-state index >= 15 is 0 Å². The van der Waals surface area contributed by atoms with Crippen LogP contribution in [0.15, 0.2) is 89.1 Å². The number of benzene rings is 4. The number of aryl methyl sites for hydroxylation is 2. The maximum atomic E-state index is 11.5. The molecule has 4 aromatic carbocycles. The van der Waals surface area contributed by atoms with Gasteiger partial charge < -0.3 is 15.3 Å². The largest absolute Gasteiger partial charge is 0.505 e. The minimum Gasteiger partial charge on any atom is -0.505 e. The first-order chi connectivity index (χ1) is 17.7. The Morgan fingerprint density at radius 3 is 2.41 bits per heavy atom. The number of phenols is 1. The molecule has 0 saturated heterocycles. The Labute approximate surface area is 217 Å². The standard InChI is InChI=1S/C29H22ClN3O4/c1-16-10-11-18(12-17(16)2)23-14-20(30)15-24(27(23)34)31-32-26-22-8-3-4-9-25(22)33(28(26)35)21-7-5-6-19(13-21)29(36)37/h3-15,34-35H,1-2H3,(H,36,37). The second kappa shape index (κ2) is 9.44. The van der Waals surface area contributed by atoms with Crippen molar-refractivity contribution in [1.29, 1.82) is 0 Å². The summed E-state index contributed by atoms with van der Waals surface area (Å²) in [5, 5.41) is 41.1. The molecule has 5 aromatic rings. The number of fused-ring (bicyclic) bond motifs is 1. The van der Waals surface area contributed by atoms with Gasteiger partial charge in [0, 0.05) is 21.7 Å². The molecule has 37 heavy (non-hydrogen) atoms. The number of phenolic OH excluding ortho intramolecular Hbond substituents is 1. The van der Waals surface area contributed by atoms with Gasteiger partial charge >= 0.3 is 5.97 Å². The number of aromatic hydroxyl groups is 2. The van der Waals surface area contributed by atoms with Gasteiger partial charge in [-0.05, 0) is 66.9 Å². The summed E-state index contributed by atoms with van der Waals surface area (Å²) in [4.78, 5) is 11.5. The van der Waals surface area contributed by atoms with Crippen molar-refractivity contribution >= 4 is 39.8 Å². The van der Waals surface area contributed by atoms with Crippen LogP contribution in [0.1, 0.15) is 21.5 Å². The Kier molecular flexibility index (Phi) is 6.15. The molecule has 0 unspecified atom stereocenters. The van der Waals surface area contributed by atoms with Crippen LogP contribution in [0, 0.1) is 13.8 Å². The van der Waals surface area contributed by atoms with Crippen molar-refractivity contribution < 1.29 is 20.1 Å². The second-order valence-corrected chi connectivity index (χ2v) is 9.14. The van der Waals surface area contributed by atoms with E-state index in [4.69, 9.17) is 11.6 Å². The zero-order valence-electron chi connectivity index (χ0n) is 20.0. The Hall–Kier alpha value is -4.62. The molecule has 5 rings (SSSR count). The number of aromatic nitrogens is 1. The summed E-state index contributed by atoms with van der Waals surface area (Å²) in [5.41, 5.74) is 4.98. The number of rotatable bonds is 5. The highest BCUT2D eigenvalue weighted by atomic mass is 35.5. The number of aromatic carboxylic acids is 1. The molecule has 184 valence electrons. The lowest BCUT2D eigenvalue weighted by molar-refractivity contribution is 0.0697. The predicted octanol–water partition coefficient (Wildman–Crippen LogP) is 8.09. The van der Waals surface area contributed by atoms with E-state index in [9.17, 15) is 20.1 Å². The van der Waals surface area contributed by atoms with Gasteiger partial charge in [-0.25, -0.2) is 4.79 Å². The van der Waals surface area contributed by atoms with Gasteiger partial charge in [-0.1, -0.05) is 54.1 Å². The summed E-state index contributed by atoms with van der Waals surface area (Å²) < 4.78 is 1.51. The first-order valence-electron chi connectivity index (χ1n) is 11.4. The normalized spacial score (nSPS) is 11.4. The van der Waals surface area contributed by atoms with Crippen molar-refractivity contribution in [2.24, 2.45) is 10.2 Å². The van der Waals surface area contributed by atoms with Crippen molar-refractivity contribution in [3.63, 3.8) is 0 Å². The Balaban J connectivity index is 1.63. The second-order valence-electron chi connectivity index (χ2n) is 8.70. The third-order valence-corrected chi connectivity index (χ3v) is 6.52. The van der Waals surface area contributed by atoms with Crippen LogP contribution in [0.3, 0.4) is 0 Å². The maximum absolute atomic E-state index is 11.5. The van der Waals surface area contributed by atoms with Gasteiger partial charge in [0.2, 0.25) is 5.88 Å². The van der Waals surface area contributed by atoms with E-state index < -0.39 is 5.97 Å². The van der Waals surface area contributed by atoms with Gasteiger partial charge in [-0.15, -0.1) is 10.2 Å². The molecular formula is C29H22ClN3O4. The first kappa shape index (κ1) is 24.1. The monoisotopic (exact) mass is 511 g/mol. The van der Waals surface area contributed by atoms with Crippen LogP contribution < -0.4 is 0 Å². The van der Waals surface area contributed by atoms with Crippen LogP contribution in [0.25, 0.3) is 27.7 Å². The average Bonchev–Trinajstić information content (AvgIpc) is 3.17. The van der Waals surface area contributed by atoms with E-state index in [2.05, 4.69) is 10.2 Å². The third-order valence-electron chi connectivity index (χ3n) is 6.31. The van der Waals surface area contributed by atoms with Gasteiger partial charge in [0.15, 0.2) is 11.4 Å². The topological polar surface area (TPSA) is 107 Å². The number of hydrogen-bond acceptors (Lipinski definition) is 5. The summed E-state index contributed by atoms with van der Waals surface area (Å²) in [6.07, 6.45) is 0. The third kappa shape index (κ3) is 4.41. The minimum atomic E-state index is -1.08. The van der Waals surface area contributed by atoms with Crippen molar-refractivity contribution in [2.45, 2.75) is 13.8 Å². The van der Waals surface area contributed by atoms with Crippen LogP contribution in [0.5, 0.6) is 11.6 Å². The zero-order valence-corrected chi connectivity index (χ0v) is 20.7. The van der Waals surface area contributed by atoms with Crippen molar-refractivity contribution in [1.82, 2.24) is 4.57 Å². The Bertz CT molecular complexity index is 1720. The van der Waals surface area contributed by atoms with Crippen LogP contribution >= 0.6 is 11.6 Å². The van der Waals surface area contributed by atoms with Crippen LogP contribution in [-0.2, 0) is 0 Å². The molecule has 1 aromatic heterocycles. The van der Waals surface area contributed by atoms with E-state index in [1.807, 2.05) is 32.0 Å². The van der Waals surface area contributed by atoms with E-state index in [1.165, 1.54) is 22.8 Å². The minimum absolute atomic E-state index is 0.0839. The van der Waals surface area contributed by atoms with Crippen LogP contribution in [-0.4, -0.2) is 25.9 Å². The molecule has 8 heteroatoms. The van der Waals surface area contributed by atoms with Gasteiger partial charge in [0.25, 0.3) is 0 Å². The van der Waals surface area contributed by atoms with Crippen molar-refractivity contribution in [3.8, 4) is 28.4 Å². The number of halogens is 1. The quantitative estimate of drug-likeness (QED) is 0.207. The predicted molar refractivity (Wildman–Crippen MR) is 144 cm³/mol. The van der Waals surface area contributed by atoms with E-state index in [-0.39, 0.29) is 28.6 Å². The lowest BCUT2D eigenvalue weighted by Gasteiger charge is -2.10. The summed E-state index contributed by atoms with van der Waals surface area (Å²) in [7, 11) is 0. The molecule has 0 fully saturated rings. The van der Waals surface area contributed by atoms with Crippen LogP contribution in [0.2, 0.25) is 5.02 Å². The summed E-state index contributed by atoms with van der Waals surface area (Å²) in [5.74, 6) is -1.38. The lowest BCUT2D eigenvalue weighted by atomic mass is 9.99. The molecule has 1 heterocycles. The lowest BCUT2D eigenvalue weighted by Crippen LogP contribution is -1.99. The van der Waals surface area contributed by atoms with Gasteiger partial charge in [0.1, 0.15) is 5.69 Å². The van der Waals surface area contributed by atoms with E-state index in [0.29, 0.717) is 27.2 Å². The number of para-hydroxylation sites is 1. The highest BCUT2D eigenvalue weighted by Gasteiger charge is 2.19. The summed E-state index contributed by atoms with van der Waals surface area (Å²) in [6.45, 7) is 4.00. The fourth-order valence-corrected chi connectivity index (χ4v) is 4.45. The van der Waals surface area contributed by atoms with Gasteiger partial charge in [-0.2, -0.15) is 0 Å². The molecule has 3 N–H and O–H groups in total. The highest BCUT2D eigenvalue weighted by molar-refractivity contribution is 6.31. The van der Waals surface area contributed by atoms with Crippen molar-refractivity contribution in [2.75, 3.05) is 0 Å². The highest BCUT2D eigenvalue weighted by Crippen LogP contribution is 2.44. The number of carboxylic acid groups (broad SMARTS) is 1. The molecule has 0 bridgehead atoms. The van der Waals surface area contributed by atoms with E-state index in [0.717, 1.165) is 16.7 Å². The fourth-order valence-electron chi connectivity index (χ4n) is 4.24. The molecule has 7 nitrogen and oxygen atoms in total. The number of carboxylic acids is 1.